The Morgan fingerprint density at radius 3 is 3.04 bits per heavy atom. The Labute approximate surface area is 145 Å². The number of fused-ring (bicyclic) bond motifs is 1. The number of hydrogen-bond acceptors (Lipinski definition) is 5. The topological polar surface area (TPSA) is 63.1 Å². The molecule has 2 aromatic heterocycles. The van der Waals surface area contributed by atoms with Gasteiger partial charge in [0, 0.05) is 37.3 Å². The zero-order chi connectivity index (χ0) is 16.4. The molecule has 6 nitrogen and oxygen atoms in total. The molecule has 24 heavy (non-hydrogen) atoms. The Hall–Kier alpha value is -1.73. The monoisotopic (exact) mass is 345 g/mol. The maximum Gasteiger partial charge on any atom is 0.270 e. The van der Waals surface area contributed by atoms with E-state index in [0.29, 0.717) is 18.3 Å². The van der Waals surface area contributed by atoms with Gasteiger partial charge in [0.2, 0.25) is 0 Å². The van der Waals surface area contributed by atoms with Crippen LogP contribution in [0.4, 0.5) is 0 Å². The van der Waals surface area contributed by atoms with Crippen molar-refractivity contribution in [3.8, 4) is 0 Å². The zero-order valence-corrected chi connectivity index (χ0v) is 14.5. The molecule has 1 N–H and O–H groups in total. The predicted molar refractivity (Wildman–Crippen MR) is 93.0 cm³/mol. The highest BCUT2D eigenvalue weighted by atomic mass is 32.1. The van der Waals surface area contributed by atoms with Crippen molar-refractivity contribution >= 4 is 17.2 Å². The summed E-state index contributed by atoms with van der Waals surface area (Å²) >= 11 is 1.44. The van der Waals surface area contributed by atoms with Gasteiger partial charge in [-0.25, -0.2) is 4.98 Å². The summed E-state index contributed by atoms with van der Waals surface area (Å²) in [6, 6.07) is 3.18. The summed E-state index contributed by atoms with van der Waals surface area (Å²) in [6.07, 6.45) is 8.15. The minimum absolute atomic E-state index is 0.0830. The van der Waals surface area contributed by atoms with E-state index in [1.165, 1.54) is 42.7 Å². The summed E-state index contributed by atoms with van der Waals surface area (Å²) in [4.78, 5) is 18.7. The van der Waals surface area contributed by atoms with Gasteiger partial charge in [0.1, 0.15) is 5.69 Å². The van der Waals surface area contributed by atoms with Crippen molar-refractivity contribution in [1.29, 1.82) is 0 Å². The lowest BCUT2D eigenvalue weighted by atomic mass is 10.1. The normalized spacial score (nSPS) is 21.8. The fourth-order valence-electron chi connectivity index (χ4n) is 3.95. The number of carbonyl (C=O) groups excluding carboxylic acids is 1. The molecule has 0 bridgehead atoms. The van der Waals surface area contributed by atoms with Crippen molar-refractivity contribution in [2.75, 3.05) is 13.1 Å². The molecule has 1 atom stereocenters. The van der Waals surface area contributed by atoms with E-state index in [2.05, 4.69) is 31.0 Å². The first-order valence-electron chi connectivity index (χ1n) is 8.74. The highest BCUT2D eigenvalue weighted by molar-refractivity contribution is 7.07. The molecule has 2 aliphatic rings. The molecule has 0 radical (unpaired) electrons. The van der Waals surface area contributed by atoms with Gasteiger partial charge in [-0.15, -0.1) is 11.3 Å². The first-order chi connectivity index (χ1) is 11.8. The first kappa shape index (κ1) is 15.8. The van der Waals surface area contributed by atoms with Crippen molar-refractivity contribution in [3.63, 3.8) is 0 Å². The molecular formula is C17H23N5OS. The maximum atomic E-state index is 12.0. The van der Waals surface area contributed by atoms with Crippen LogP contribution in [0.5, 0.6) is 0 Å². The van der Waals surface area contributed by atoms with Crippen LogP contribution in [-0.4, -0.2) is 44.7 Å². The van der Waals surface area contributed by atoms with Crippen molar-refractivity contribution in [1.82, 2.24) is 25.0 Å². The van der Waals surface area contributed by atoms with Crippen molar-refractivity contribution in [3.05, 3.63) is 34.5 Å². The molecule has 1 aliphatic carbocycles. The zero-order valence-electron chi connectivity index (χ0n) is 13.7. The molecule has 7 heteroatoms. The number of rotatable bonds is 5. The van der Waals surface area contributed by atoms with Crippen LogP contribution in [-0.2, 0) is 6.54 Å². The minimum atomic E-state index is -0.0830. The molecule has 128 valence electrons. The van der Waals surface area contributed by atoms with Crippen molar-refractivity contribution in [2.45, 2.75) is 50.7 Å². The van der Waals surface area contributed by atoms with Crippen LogP contribution < -0.4 is 5.32 Å². The van der Waals surface area contributed by atoms with Gasteiger partial charge in [-0.1, -0.05) is 12.8 Å². The van der Waals surface area contributed by atoms with Gasteiger partial charge in [0.15, 0.2) is 0 Å². The molecule has 4 rings (SSSR count). The Morgan fingerprint density at radius 2 is 2.25 bits per heavy atom. The highest BCUT2D eigenvalue weighted by Gasteiger charge is 2.31. The van der Waals surface area contributed by atoms with Gasteiger partial charge in [-0.2, -0.15) is 5.10 Å². The first-order valence-corrected chi connectivity index (χ1v) is 9.68. The number of thiazole rings is 1. The predicted octanol–water partition coefficient (Wildman–Crippen LogP) is 2.46. The van der Waals surface area contributed by atoms with Gasteiger partial charge in [-0.05, 0) is 25.3 Å². The molecule has 3 heterocycles. The van der Waals surface area contributed by atoms with Crippen molar-refractivity contribution < 1.29 is 4.79 Å². The van der Waals surface area contributed by atoms with E-state index in [-0.39, 0.29) is 5.91 Å². The van der Waals surface area contributed by atoms with Crippen LogP contribution in [0.1, 0.15) is 54.3 Å². The van der Waals surface area contributed by atoms with E-state index in [9.17, 15) is 4.79 Å². The molecule has 0 spiro atoms. The Morgan fingerprint density at radius 1 is 1.38 bits per heavy atom. The Balaban J connectivity index is 1.37. The smallest absolute Gasteiger partial charge is 0.270 e. The van der Waals surface area contributed by atoms with Crippen LogP contribution in [0.2, 0.25) is 0 Å². The number of hydrogen-bond donors (Lipinski definition) is 1. The van der Waals surface area contributed by atoms with Gasteiger partial charge < -0.3 is 5.32 Å². The summed E-state index contributed by atoms with van der Waals surface area (Å²) in [6.45, 7) is 2.69. The van der Waals surface area contributed by atoms with Crippen LogP contribution in [0, 0.1) is 0 Å². The number of amides is 1. The largest absolute Gasteiger partial charge is 0.351 e. The van der Waals surface area contributed by atoms with E-state index >= 15 is 0 Å². The number of nitrogens with zero attached hydrogens (tertiary/aromatic N) is 4. The van der Waals surface area contributed by atoms with Crippen LogP contribution >= 0.6 is 11.3 Å². The molecule has 0 unspecified atom stereocenters. The van der Waals surface area contributed by atoms with Crippen LogP contribution in [0.25, 0.3) is 0 Å². The molecule has 1 saturated carbocycles. The lowest BCUT2D eigenvalue weighted by molar-refractivity contribution is 0.0935. The van der Waals surface area contributed by atoms with Gasteiger partial charge in [0.25, 0.3) is 5.91 Å². The third kappa shape index (κ3) is 3.23. The van der Waals surface area contributed by atoms with E-state index < -0.39 is 0 Å². The second-order valence-electron chi connectivity index (χ2n) is 6.71. The SMILES string of the molecule is O=C(NCC[C@H]1CN(C2CCCC2)Cc2ccnn21)c1cscn1. The summed E-state index contributed by atoms with van der Waals surface area (Å²) in [5.41, 5.74) is 3.49. The van der Waals surface area contributed by atoms with Crippen LogP contribution in [0.15, 0.2) is 23.2 Å². The van der Waals surface area contributed by atoms with E-state index in [0.717, 1.165) is 25.6 Å². The third-order valence-corrected chi connectivity index (χ3v) is 5.76. The molecule has 2 aromatic rings. The quantitative estimate of drug-likeness (QED) is 0.904. The molecule has 1 amide bonds. The summed E-state index contributed by atoms with van der Waals surface area (Å²) < 4.78 is 2.15. The second-order valence-corrected chi connectivity index (χ2v) is 7.43. The molecular weight excluding hydrogens is 322 g/mol. The van der Waals surface area contributed by atoms with Crippen LogP contribution in [0.3, 0.4) is 0 Å². The summed E-state index contributed by atoms with van der Waals surface area (Å²) in [7, 11) is 0. The summed E-state index contributed by atoms with van der Waals surface area (Å²) in [5.74, 6) is -0.0830. The Bertz CT molecular complexity index is 677. The molecule has 1 aliphatic heterocycles. The molecule has 0 saturated heterocycles. The van der Waals surface area contributed by atoms with Gasteiger partial charge in [-0.3, -0.25) is 14.4 Å². The fraction of sp³-hybridized carbons (Fsp3) is 0.588. The minimum Gasteiger partial charge on any atom is -0.351 e. The van der Waals surface area contributed by atoms with Crippen molar-refractivity contribution in [2.24, 2.45) is 0 Å². The molecule has 1 fully saturated rings. The second kappa shape index (κ2) is 7.03. The van der Waals surface area contributed by atoms with E-state index in [4.69, 9.17) is 0 Å². The lowest BCUT2D eigenvalue weighted by Crippen LogP contribution is -2.43. The Kier molecular flexibility index (Phi) is 4.62. The number of nitrogens with one attached hydrogen (secondary N) is 1. The van der Waals surface area contributed by atoms with Gasteiger partial charge in [0.05, 0.1) is 17.2 Å². The van der Waals surface area contributed by atoms with E-state index in [1.807, 2.05) is 6.20 Å². The summed E-state index contributed by atoms with van der Waals surface area (Å²) in [5, 5.41) is 9.28. The lowest BCUT2D eigenvalue weighted by Gasteiger charge is -2.37. The molecule has 0 aromatic carbocycles. The average molecular weight is 345 g/mol. The fourth-order valence-corrected chi connectivity index (χ4v) is 4.48. The third-order valence-electron chi connectivity index (χ3n) is 5.18. The van der Waals surface area contributed by atoms with E-state index in [1.54, 1.807) is 10.9 Å². The standard InChI is InChI=1S/C17H23N5OS/c23-17(16-11-24-12-19-16)18-7-5-14-9-21(13-3-1-2-4-13)10-15-6-8-20-22(14)15/h6,8,11-14H,1-5,7,9-10H2,(H,18,23)/t14-/m0/s1. The number of aromatic nitrogens is 3. The van der Waals surface area contributed by atoms with Gasteiger partial charge >= 0.3 is 0 Å². The number of carbonyl (C=O) groups is 1. The highest BCUT2D eigenvalue weighted by Crippen LogP contribution is 2.30. The average Bonchev–Trinajstić information content (AvgIpc) is 3.35. The maximum absolute atomic E-state index is 12.0.